The third kappa shape index (κ3) is 1.60. The molecule has 4 heteroatoms. The van der Waals surface area contributed by atoms with Crippen LogP contribution in [0.1, 0.15) is 64.8 Å². The number of hydrogen-bond acceptors (Lipinski definition) is 0. The van der Waals surface area contributed by atoms with Crippen LogP contribution in [0.3, 0.4) is 0 Å². The van der Waals surface area contributed by atoms with Crippen LogP contribution < -0.4 is 10.7 Å². The molecule has 0 aromatic carbocycles. The van der Waals surface area contributed by atoms with Gasteiger partial charge in [0.05, 0.1) is 27.7 Å². The molecule has 1 spiro atoms. The molecule has 8 heterocycles. The Labute approximate surface area is 193 Å². The lowest BCUT2D eigenvalue weighted by Gasteiger charge is -2.41. The van der Waals surface area contributed by atoms with E-state index in [1.54, 1.807) is 0 Å². The second-order valence-electron chi connectivity index (χ2n) is 9.69. The summed E-state index contributed by atoms with van der Waals surface area (Å²) in [5.41, 5.74) is 14.0. The summed E-state index contributed by atoms with van der Waals surface area (Å²) in [7, 11) is 0. The predicted molar refractivity (Wildman–Crippen MR) is 131 cm³/mol. The van der Waals surface area contributed by atoms with Gasteiger partial charge >= 0.3 is 5.91 Å². The third-order valence-electron chi connectivity index (χ3n) is 8.61. The quantitative estimate of drug-likeness (QED) is 0.654. The van der Waals surface area contributed by atoms with Crippen LogP contribution in [-0.4, -0.2) is 29.7 Å². The summed E-state index contributed by atoms with van der Waals surface area (Å²) < 4.78 is 10.7. The Morgan fingerprint density at radius 3 is 1.70 bits per heavy atom. The van der Waals surface area contributed by atoms with Gasteiger partial charge in [0, 0.05) is 41.0 Å². The fourth-order valence-corrected chi connectivity index (χ4v) is 7.50. The van der Waals surface area contributed by atoms with Crippen molar-refractivity contribution in [2.24, 2.45) is 0 Å². The van der Waals surface area contributed by atoms with E-state index in [4.69, 9.17) is 0 Å². The van der Waals surface area contributed by atoms with Crippen molar-refractivity contribution in [3.8, 4) is 0 Å². The zero-order valence-corrected chi connectivity index (χ0v) is 19.7. The molecule has 33 heavy (non-hydrogen) atoms. The van der Waals surface area contributed by atoms with Crippen LogP contribution in [0.25, 0.3) is 16.7 Å². The van der Waals surface area contributed by atoms with Gasteiger partial charge < -0.3 is 0 Å². The second-order valence-corrected chi connectivity index (χ2v) is 9.69. The molecule has 0 N–H and O–H groups in total. The summed E-state index contributed by atoms with van der Waals surface area (Å²) in [5.74, 6) is -0.473. The molecule has 0 fully saturated rings. The standard InChI is InChI=1S/C29H28N4/c1-5-17-21-9-11-23-18(6-2)25-13-15-27-20(8-4)28-16-14-26-19(7-3)24-12-10-22(17)31(24)29(30(21)23,32(25)27)33(26)28/h9-16H,5-8H2,1-4H3/q+2. The summed E-state index contributed by atoms with van der Waals surface area (Å²) in [4.78, 5) is 0. The van der Waals surface area contributed by atoms with Crippen LogP contribution in [0.4, 0.5) is 0 Å². The van der Waals surface area contributed by atoms with Crippen LogP contribution >= 0.6 is 0 Å². The topological polar surface area (TPSA) is 15.9 Å². The van der Waals surface area contributed by atoms with E-state index in [2.05, 4.69) is 94.5 Å². The van der Waals surface area contributed by atoms with Gasteiger partial charge in [0.1, 0.15) is 0 Å². The number of rotatable bonds is 4. The van der Waals surface area contributed by atoms with Crippen LogP contribution in [0.5, 0.6) is 0 Å². The minimum absolute atomic E-state index is 0.473. The molecule has 0 saturated heterocycles. The average molecular weight is 433 g/mol. The molecule has 6 aliphatic heterocycles. The predicted octanol–water partition coefficient (Wildman–Crippen LogP) is 3.76. The smallest absolute Gasteiger partial charge is 0.199 e. The van der Waals surface area contributed by atoms with Crippen molar-refractivity contribution in [2.75, 3.05) is 0 Å². The van der Waals surface area contributed by atoms with Crippen molar-refractivity contribution >= 4 is 28.1 Å². The van der Waals surface area contributed by atoms with Gasteiger partial charge in [-0.2, -0.15) is 9.13 Å². The molecular weight excluding hydrogens is 404 g/mol. The van der Waals surface area contributed by atoms with Gasteiger partial charge in [-0.25, -0.2) is 0 Å². The lowest BCUT2D eigenvalue weighted by molar-refractivity contribution is -0.837. The Bertz CT molecular complexity index is 1690. The average Bonchev–Trinajstić information content (AvgIpc) is 3.62. The van der Waals surface area contributed by atoms with Crippen molar-refractivity contribution < 1.29 is 9.15 Å². The number of nitrogens with zero attached hydrogens (tertiary/aromatic N) is 4. The zero-order chi connectivity index (χ0) is 22.2. The molecule has 1 unspecified atom stereocenters. The highest BCUT2D eigenvalue weighted by molar-refractivity contribution is 6.23. The highest BCUT2D eigenvalue weighted by Crippen LogP contribution is 2.50. The lowest BCUT2D eigenvalue weighted by atomic mass is 9.97. The summed E-state index contributed by atoms with van der Waals surface area (Å²) in [5, 5.41) is 2.73. The molecule has 2 aromatic heterocycles. The number of aromatic nitrogens is 2. The van der Waals surface area contributed by atoms with Crippen molar-refractivity contribution in [3.05, 3.63) is 87.6 Å². The lowest BCUT2D eigenvalue weighted by Crippen LogP contribution is -2.71. The number of allylic oxidation sites excluding steroid dienone is 6. The largest absolute Gasteiger partial charge is 0.553 e. The fraction of sp³-hybridized carbons (Fsp3) is 0.310. The van der Waals surface area contributed by atoms with E-state index in [9.17, 15) is 0 Å². The molecule has 0 bridgehead atoms. The summed E-state index contributed by atoms with van der Waals surface area (Å²) in [6.07, 6.45) is 13.6. The molecule has 0 amide bonds. The van der Waals surface area contributed by atoms with E-state index in [0.717, 1.165) is 25.7 Å². The Hall–Kier alpha value is -3.40. The van der Waals surface area contributed by atoms with Gasteiger partial charge in [0.2, 0.25) is 22.8 Å². The maximum Gasteiger partial charge on any atom is 0.553 e. The maximum atomic E-state index is 2.67. The Morgan fingerprint density at radius 2 is 1.09 bits per heavy atom. The van der Waals surface area contributed by atoms with Crippen molar-refractivity contribution in [3.63, 3.8) is 0 Å². The Kier molecular flexibility index (Phi) is 3.04. The van der Waals surface area contributed by atoms with Crippen LogP contribution in [0.2, 0.25) is 0 Å². The highest BCUT2D eigenvalue weighted by Gasteiger charge is 2.72. The monoisotopic (exact) mass is 432 g/mol. The van der Waals surface area contributed by atoms with Crippen molar-refractivity contribution in [1.29, 1.82) is 0 Å². The van der Waals surface area contributed by atoms with E-state index in [0.29, 0.717) is 0 Å². The number of hydrogen-bond donors (Lipinski definition) is 0. The van der Waals surface area contributed by atoms with Crippen LogP contribution in [0, 0.1) is 0 Å². The maximum absolute atomic E-state index is 2.67. The molecule has 0 radical (unpaired) electrons. The minimum Gasteiger partial charge on any atom is -0.199 e. The third-order valence-corrected chi connectivity index (χ3v) is 8.61. The van der Waals surface area contributed by atoms with Gasteiger partial charge in [-0.1, -0.05) is 36.8 Å². The molecule has 2 aromatic rings. The first kappa shape index (κ1) is 18.1. The van der Waals surface area contributed by atoms with Crippen LogP contribution in [-0.2, 0) is 5.91 Å². The Morgan fingerprint density at radius 1 is 0.576 bits per heavy atom. The van der Waals surface area contributed by atoms with Gasteiger partial charge in [-0.15, -0.1) is 0 Å². The first-order valence-corrected chi connectivity index (χ1v) is 12.6. The zero-order valence-electron chi connectivity index (χ0n) is 19.7. The molecule has 1 atom stereocenters. The van der Waals surface area contributed by atoms with Crippen molar-refractivity contribution in [1.82, 2.24) is 9.13 Å². The van der Waals surface area contributed by atoms with E-state index in [1.165, 1.54) is 67.2 Å². The Balaban J connectivity index is 1.72. The van der Waals surface area contributed by atoms with Gasteiger partial charge in [0.25, 0.3) is 0 Å². The van der Waals surface area contributed by atoms with E-state index in [-0.39, 0.29) is 0 Å². The summed E-state index contributed by atoms with van der Waals surface area (Å²) in [6.45, 7) is 9.21. The van der Waals surface area contributed by atoms with E-state index < -0.39 is 5.91 Å². The van der Waals surface area contributed by atoms with Crippen molar-refractivity contribution in [2.45, 2.75) is 59.3 Å². The van der Waals surface area contributed by atoms with Gasteiger partial charge in [-0.05, 0) is 49.9 Å². The second kappa shape index (κ2) is 5.56. The van der Waals surface area contributed by atoms with Gasteiger partial charge in [0.15, 0.2) is 0 Å². The highest BCUT2D eigenvalue weighted by atomic mass is 15.6. The minimum atomic E-state index is -0.473. The molecule has 8 rings (SSSR count). The molecule has 0 aliphatic carbocycles. The first-order chi connectivity index (χ1) is 16.2. The van der Waals surface area contributed by atoms with Gasteiger partial charge in [-0.3, -0.25) is 0 Å². The molecular formula is C29H28N4+2. The summed E-state index contributed by atoms with van der Waals surface area (Å²) >= 11 is 0. The first-order valence-electron chi connectivity index (χ1n) is 12.6. The molecule has 6 aliphatic rings. The van der Waals surface area contributed by atoms with Crippen LogP contribution in [0.15, 0.2) is 65.5 Å². The molecule has 0 saturated carbocycles. The SMILES string of the molecule is CCC1=C2C=CC3=[N+]2C24n5c(ccc5C(CC)=c5ccc(n52)=C3CC)C(CC)=C2C=CC1=[N+]24. The summed E-state index contributed by atoms with van der Waals surface area (Å²) in [6, 6.07) is 9.51. The van der Waals surface area contributed by atoms with E-state index in [1.807, 2.05) is 0 Å². The van der Waals surface area contributed by atoms with E-state index >= 15 is 0 Å². The molecule has 4 nitrogen and oxygen atoms in total. The fourth-order valence-electron chi connectivity index (χ4n) is 7.50. The molecule has 162 valence electrons. The normalized spacial score (nSPS) is 24.7.